The highest BCUT2D eigenvalue weighted by Gasteiger charge is 2.28. The van der Waals surface area contributed by atoms with Gasteiger partial charge in [0, 0.05) is 19.1 Å². The fourth-order valence-corrected chi connectivity index (χ4v) is 1.95. The van der Waals surface area contributed by atoms with Crippen molar-refractivity contribution < 1.29 is 4.74 Å². The number of rotatable bonds is 3. The Balaban J connectivity index is 1.84. The van der Waals surface area contributed by atoms with Crippen molar-refractivity contribution in [3.8, 4) is 0 Å². The van der Waals surface area contributed by atoms with Crippen molar-refractivity contribution in [1.82, 2.24) is 4.90 Å². The van der Waals surface area contributed by atoms with Crippen LogP contribution in [-0.4, -0.2) is 37.2 Å². The number of benzene rings is 1. The first-order valence-electron chi connectivity index (χ1n) is 5.35. The molecule has 0 saturated carbocycles. The Kier molecular flexibility index (Phi) is 3.36. The van der Waals surface area contributed by atoms with E-state index in [-0.39, 0.29) is 12.1 Å². The van der Waals surface area contributed by atoms with Gasteiger partial charge in [0.05, 0.1) is 12.7 Å². The van der Waals surface area contributed by atoms with Crippen LogP contribution >= 0.6 is 0 Å². The molecule has 2 N–H and O–H groups in total. The number of nitrogens with zero attached hydrogens (tertiary/aromatic N) is 1. The Labute approximate surface area is 90.8 Å². The van der Waals surface area contributed by atoms with Crippen molar-refractivity contribution >= 4 is 0 Å². The molecule has 15 heavy (non-hydrogen) atoms. The molecule has 3 heteroatoms. The van der Waals surface area contributed by atoms with Crippen molar-refractivity contribution in [2.75, 3.05) is 20.1 Å². The summed E-state index contributed by atoms with van der Waals surface area (Å²) in [6.45, 7) is 2.53. The van der Waals surface area contributed by atoms with E-state index in [4.69, 9.17) is 10.5 Å². The predicted molar refractivity (Wildman–Crippen MR) is 60.5 cm³/mol. The Morgan fingerprint density at radius 3 is 2.67 bits per heavy atom. The van der Waals surface area contributed by atoms with Gasteiger partial charge in [-0.1, -0.05) is 30.3 Å². The molecule has 1 aromatic carbocycles. The molecule has 1 heterocycles. The first-order chi connectivity index (χ1) is 7.25. The molecule has 1 aliphatic heterocycles. The van der Waals surface area contributed by atoms with Gasteiger partial charge in [-0.3, -0.25) is 0 Å². The zero-order chi connectivity index (χ0) is 10.7. The fraction of sp³-hybridized carbons (Fsp3) is 0.500. The summed E-state index contributed by atoms with van der Waals surface area (Å²) in [5, 5.41) is 0. The molecule has 3 nitrogen and oxygen atoms in total. The van der Waals surface area contributed by atoms with Gasteiger partial charge in [-0.25, -0.2) is 0 Å². The number of hydrogen-bond acceptors (Lipinski definition) is 3. The van der Waals surface area contributed by atoms with Crippen LogP contribution in [0.4, 0.5) is 0 Å². The molecule has 0 spiro atoms. The SMILES string of the molecule is CN1CC(N)C(OCc2ccccc2)C1. The van der Waals surface area contributed by atoms with Crippen molar-refractivity contribution in [3.05, 3.63) is 35.9 Å². The molecule has 0 amide bonds. The summed E-state index contributed by atoms with van der Waals surface area (Å²) in [7, 11) is 2.08. The third kappa shape index (κ3) is 2.78. The lowest BCUT2D eigenvalue weighted by Gasteiger charge is -2.15. The van der Waals surface area contributed by atoms with E-state index in [1.807, 2.05) is 18.2 Å². The van der Waals surface area contributed by atoms with Gasteiger partial charge >= 0.3 is 0 Å². The molecule has 2 atom stereocenters. The van der Waals surface area contributed by atoms with Crippen molar-refractivity contribution in [2.24, 2.45) is 5.73 Å². The van der Waals surface area contributed by atoms with E-state index in [9.17, 15) is 0 Å². The van der Waals surface area contributed by atoms with Crippen LogP contribution in [0.3, 0.4) is 0 Å². The largest absolute Gasteiger partial charge is 0.371 e. The minimum Gasteiger partial charge on any atom is -0.371 e. The van der Waals surface area contributed by atoms with E-state index in [0.29, 0.717) is 6.61 Å². The second-order valence-electron chi connectivity index (χ2n) is 4.22. The number of likely N-dealkylation sites (N-methyl/N-ethyl adjacent to an activating group) is 1. The number of hydrogen-bond donors (Lipinski definition) is 1. The second kappa shape index (κ2) is 4.75. The van der Waals surface area contributed by atoms with E-state index >= 15 is 0 Å². The maximum absolute atomic E-state index is 5.97. The van der Waals surface area contributed by atoms with Crippen molar-refractivity contribution in [2.45, 2.75) is 18.8 Å². The quantitative estimate of drug-likeness (QED) is 0.796. The molecule has 0 radical (unpaired) electrons. The summed E-state index contributed by atoms with van der Waals surface area (Å²) in [6, 6.07) is 10.4. The fourth-order valence-electron chi connectivity index (χ4n) is 1.95. The third-order valence-electron chi connectivity index (χ3n) is 2.80. The van der Waals surface area contributed by atoms with Crippen LogP contribution in [0.2, 0.25) is 0 Å². The molecule has 1 saturated heterocycles. The topological polar surface area (TPSA) is 38.5 Å². The molecular weight excluding hydrogens is 188 g/mol. The molecule has 1 aliphatic rings. The van der Waals surface area contributed by atoms with Gasteiger partial charge in [0.2, 0.25) is 0 Å². The van der Waals surface area contributed by atoms with E-state index in [0.717, 1.165) is 13.1 Å². The highest BCUT2D eigenvalue weighted by molar-refractivity contribution is 5.13. The molecule has 1 aromatic rings. The maximum Gasteiger partial charge on any atom is 0.0869 e. The molecule has 2 rings (SSSR count). The Morgan fingerprint density at radius 1 is 1.33 bits per heavy atom. The van der Waals surface area contributed by atoms with Crippen LogP contribution in [0.1, 0.15) is 5.56 Å². The molecule has 0 aliphatic carbocycles. The standard InChI is InChI=1S/C12H18N2O/c1-14-7-11(13)12(8-14)15-9-10-5-3-2-4-6-10/h2-6,11-12H,7-9,13H2,1H3. The number of nitrogens with two attached hydrogens (primary N) is 1. The summed E-state index contributed by atoms with van der Waals surface area (Å²) < 4.78 is 5.81. The summed E-state index contributed by atoms with van der Waals surface area (Å²) in [4.78, 5) is 2.21. The molecular formula is C12H18N2O. The van der Waals surface area contributed by atoms with Crippen LogP contribution in [0.5, 0.6) is 0 Å². The molecule has 2 unspecified atom stereocenters. The zero-order valence-electron chi connectivity index (χ0n) is 9.10. The van der Waals surface area contributed by atoms with Crippen molar-refractivity contribution in [1.29, 1.82) is 0 Å². The average Bonchev–Trinajstić information content (AvgIpc) is 2.56. The van der Waals surface area contributed by atoms with Gasteiger partial charge in [0.25, 0.3) is 0 Å². The summed E-state index contributed by atoms with van der Waals surface area (Å²) in [5.74, 6) is 0. The van der Waals surface area contributed by atoms with E-state index < -0.39 is 0 Å². The monoisotopic (exact) mass is 206 g/mol. The van der Waals surface area contributed by atoms with Gasteiger partial charge in [-0.2, -0.15) is 0 Å². The lowest BCUT2D eigenvalue weighted by Crippen LogP contribution is -2.35. The van der Waals surface area contributed by atoms with E-state index in [1.165, 1.54) is 5.56 Å². The van der Waals surface area contributed by atoms with Crippen LogP contribution in [-0.2, 0) is 11.3 Å². The zero-order valence-corrected chi connectivity index (χ0v) is 9.10. The molecule has 82 valence electrons. The second-order valence-corrected chi connectivity index (χ2v) is 4.22. The summed E-state index contributed by atoms with van der Waals surface area (Å²) in [5.41, 5.74) is 7.17. The van der Waals surface area contributed by atoms with Gasteiger partial charge < -0.3 is 15.4 Å². The van der Waals surface area contributed by atoms with Gasteiger partial charge in [0.15, 0.2) is 0 Å². The van der Waals surface area contributed by atoms with Crippen LogP contribution in [0.25, 0.3) is 0 Å². The van der Waals surface area contributed by atoms with Gasteiger partial charge in [-0.15, -0.1) is 0 Å². The van der Waals surface area contributed by atoms with Crippen LogP contribution in [0.15, 0.2) is 30.3 Å². The van der Waals surface area contributed by atoms with Gasteiger partial charge in [-0.05, 0) is 12.6 Å². The summed E-state index contributed by atoms with van der Waals surface area (Å²) in [6.07, 6.45) is 0.176. The van der Waals surface area contributed by atoms with Crippen molar-refractivity contribution in [3.63, 3.8) is 0 Å². The summed E-state index contributed by atoms with van der Waals surface area (Å²) >= 11 is 0. The smallest absolute Gasteiger partial charge is 0.0869 e. The first-order valence-corrected chi connectivity index (χ1v) is 5.35. The highest BCUT2D eigenvalue weighted by Crippen LogP contribution is 2.12. The number of likely N-dealkylation sites (tertiary alicyclic amines) is 1. The van der Waals surface area contributed by atoms with Gasteiger partial charge in [0.1, 0.15) is 0 Å². The minimum absolute atomic E-state index is 0.152. The normalized spacial score (nSPS) is 27.1. The average molecular weight is 206 g/mol. The Hall–Kier alpha value is -0.900. The van der Waals surface area contributed by atoms with E-state index in [1.54, 1.807) is 0 Å². The van der Waals surface area contributed by atoms with E-state index in [2.05, 4.69) is 24.1 Å². The molecule has 1 fully saturated rings. The maximum atomic E-state index is 5.97. The number of ether oxygens (including phenoxy) is 1. The van der Waals surface area contributed by atoms with Crippen LogP contribution < -0.4 is 5.73 Å². The lowest BCUT2D eigenvalue weighted by atomic mass is 10.2. The minimum atomic E-state index is 0.152. The predicted octanol–water partition coefficient (Wildman–Crippen LogP) is 0.844. The lowest BCUT2D eigenvalue weighted by molar-refractivity contribution is 0.0400. The third-order valence-corrected chi connectivity index (χ3v) is 2.80. The molecule has 0 aromatic heterocycles. The van der Waals surface area contributed by atoms with Crippen LogP contribution in [0, 0.1) is 0 Å². The highest BCUT2D eigenvalue weighted by atomic mass is 16.5. The Morgan fingerprint density at radius 2 is 2.07 bits per heavy atom. The molecule has 0 bridgehead atoms. The first kappa shape index (κ1) is 10.6. The Bertz CT molecular complexity index is 302.